The fourth-order valence-corrected chi connectivity index (χ4v) is 2.79. The second-order valence-corrected chi connectivity index (χ2v) is 5.81. The van der Waals surface area contributed by atoms with Crippen LogP contribution in [0.2, 0.25) is 5.02 Å². The highest BCUT2D eigenvalue weighted by Crippen LogP contribution is 2.31. The van der Waals surface area contributed by atoms with E-state index in [1.807, 2.05) is 12.1 Å². The molecule has 0 aliphatic heterocycles. The predicted octanol–water partition coefficient (Wildman–Crippen LogP) is 4.57. The Balaban J connectivity index is 1.84. The molecule has 1 aromatic rings. The summed E-state index contributed by atoms with van der Waals surface area (Å²) in [6.07, 6.45) is 5.60. The average Bonchev–Trinajstić information content (AvgIpc) is 2.23. The number of hydrogen-bond acceptors (Lipinski definition) is 1. The van der Waals surface area contributed by atoms with E-state index in [0.717, 1.165) is 10.9 Å². The lowest BCUT2D eigenvalue weighted by Crippen LogP contribution is -2.32. The summed E-state index contributed by atoms with van der Waals surface area (Å²) in [7, 11) is 0. The van der Waals surface area contributed by atoms with Crippen molar-refractivity contribution in [2.45, 2.75) is 51.6 Å². The molecule has 0 amide bonds. The molecule has 0 saturated heterocycles. The third-order valence-corrected chi connectivity index (χ3v) is 4.03. The van der Waals surface area contributed by atoms with Crippen molar-refractivity contribution >= 4 is 11.6 Å². The minimum atomic E-state index is 0.378. The van der Waals surface area contributed by atoms with E-state index in [4.69, 9.17) is 11.6 Å². The molecule has 1 N–H and O–H groups in total. The highest BCUT2D eigenvalue weighted by atomic mass is 35.5. The van der Waals surface area contributed by atoms with E-state index in [1.165, 1.54) is 31.2 Å². The molecule has 0 spiro atoms. The fourth-order valence-electron chi connectivity index (χ4n) is 2.60. The Morgan fingerprint density at radius 3 is 2.71 bits per heavy atom. The number of halogens is 1. The molecule has 1 aromatic carbocycles. The van der Waals surface area contributed by atoms with Gasteiger partial charge in [0.15, 0.2) is 0 Å². The fraction of sp³-hybridized carbons (Fsp3) is 0.600. The topological polar surface area (TPSA) is 12.0 Å². The van der Waals surface area contributed by atoms with Gasteiger partial charge in [-0.05, 0) is 43.9 Å². The van der Waals surface area contributed by atoms with Gasteiger partial charge in [-0.25, -0.2) is 0 Å². The molecule has 17 heavy (non-hydrogen) atoms. The molecule has 1 unspecified atom stereocenters. The summed E-state index contributed by atoms with van der Waals surface area (Å²) < 4.78 is 0. The Hall–Kier alpha value is -0.530. The van der Waals surface area contributed by atoms with Crippen molar-refractivity contribution in [2.24, 2.45) is 5.92 Å². The lowest BCUT2D eigenvalue weighted by molar-refractivity contribution is 0.259. The van der Waals surface area contributed by atoms with Gasteiger partial charge < -0.3 is 5.32 Å². The smallest absolute Gasteiger partial charge is 0.0409 e. The van der Waals surface area contributed by atoms with Crippen molar-refractivity contribution in [1.29, 1.82) is 0 Å². The first-order chi connectivity index (χ1) is 8.15. The van der Waals surface area contributed by atoms with Crippen LogP contribution in [0.3, 0.4) is 0 Å². The lowest BCUT2D eigenvalue weighted by atomic mass is 9.81. The molecule has 1 nitrogen and oxygen atoms in total. The van der Waals surface area contributed by atoms with E-state index >= 15 is 0 Å². The molecule has 2 atom stereocenters. The van der Waals surface area contributed by atoms with E-state index in [-0.39, 0.29) is 0 Å². The van der Waals surface area contributed by atoms with Crippen LogP contribution in [0.5, 0.6) is 0 Å². The van der Waals surface area contributed by atoms with Gasteiger partial charge in [-0.1, -0.05) is 43.0 Å². The molecule has 2 rings (SSSR count). The number of nitrogens with one attached hydrogen (secondary N) is 1. The maximum Gasteiger partial charge on any atom is 0.0409 e. The summed E-state index contributed by atoms with van der Waals surface area (Å²) in [4.78, 5) is 0. The van der Waals surface area contributed by atoms with Crippen molar-refractivity contribution in [3.63, 3.8) is 0 Å². The third-order valence-electron chi connectivity index (χ3n) is 3.79. The molecule has 1 saturated carbocycles. The normalized spacial score (nSPS) is 19.7. The molecule has 0 radical (unpaired) electrons. The van der Waals surface area contributed by atoms with Crippen LogP contribution in [-0.4, -0.2) is 6.04 Å². The number of rotatable bonds is 5. The van der Waals surface area contributed by atoms with Crippen LogP contribution in [0.25, 0.3) is 0 Å². The Labute approximate surface area is 110 Å². The van der Waals surface area contributed by atoms with Crippen LogP contribution in [0.1, 0.15) is 51.1 Å². The lowest BCUT2D eigenvalue weighted by Gasteiger charge is -2.30. The number of benzene rings is 1. The molecular formula is C15H22ClN. The Bertz CT molecular complexity index is 360. The Morgan fingerprint density at radius 1 is 1.35 bits per heavy atom. The second kappa shape index (κ2) is 5.88. The highest BCUT2D eigenvalue weighted by Gasteiger charge is 2.20. The molecule has 0 aromatic heterocycles. The van der Waals surface area contributed by atoms with Gasteiger partial charge in [0.2, 0.25) is 0 Å². The minimum Gasteiger partial charge on any atom is -0.308 e. The highest BCUT2D eigenvalue weighted by molar-refractivity contribution is 6.30. The summed E-state index contributed by atoms with van der Waals surface area (Å²) in [6, 6.07) is 9.11. The van der Waals surface area contributed by atoms with Crippen LogP contribution in [-0.2, 0) is 0 Å². The van der Waals surface area contributed by atoms with Gasteiger partial charge in [0.25, 0.3) is 0 Å². The van der Waals surface area contributed by atoms with Crippen LogP contribution >= 0.6 is 11.6 Å². The zero-order valence-electron chi connectivity index (χ0n) is 10.7. The van der Waals surface area contributed by atoms with Crippen molar-refractivity contribution in [1.82, 2.24) is 5.32 Å². The van der Waals surface area contributed by atoms with Crippen molar-refractivity contribution < 1.29 is 0 Å². The summed E-state index contributed by atoms with van der Waals surface area (Å²) in [5.74, 6) is 0.962. The van der Waals surface area contributed by atoms with E-state index in [0.29, 0.717) is 12.1 Å². The average molecular weight is 252 g/mol. The summed E-state index contributed by atoms with van der Waals surface area (Å²) >= 11 is 6.01. The molecule has 2 heteroatoms. The van der Waals surface area contributed by atoms with Gasteiger partial charge in [0.1, 0.15) is 0 Å². The van der Waals surface area contributed by atoms with E-state index in [2.05, 4.69) is 31.3 Å². The third kappa shape index (κ3) is 3.72. The van der Waals surface area contributed by atoms with E-state index < -0.39 is 0 Å². The first-order valence-corrected chi connectivity index (χ1v) is 7.04. The molecular weight excluding hydrogens is 230 g/mol. The zero-order chi connectivity index (χ0) is 12.3. The van der Waals surface area contributed by atoms with Gasteiger partial charge >= 0.3 is 0 Å². The molecule has 0 bridgehead atoms. The van der Waals surface area contributed by atoms with Crippen LogP contribution in [0, 0.1) is 5.92 Å². The van der Waals surface area contributed by atoms with Crippen LogP contribution in [0.15, 0.2) is 24.3 Å². The maximum atomic E-state index is 6.01. The SMILES string of the molecule is CC(CC1CCC1)N[C@@H](C)c1cccc(Cl)c1. The molecule has 0 heterocycles. The maximum absolute atomic E-state index is 6.01. The summed E-state index contributed by atoms with van der Waals surface area (Å²) in [5, 5.41) is 4.49. The first kappa shape index (κ1) is 12.9. The van der Waals surface area contributed by atoms with Gasteiger partial charge in [-0.2, -0.15) is 0 Å². The van der Waals surface area contributed by atoms with E-state index in [1.54, 1.807) is 0 Å². The monoisotopic (exact) mass is 251 g/mol. The standard InChI is InChI=1S/C15H22ClN/c1-11(9-13-5-3-6-13)17-12(2)14-7-4-8-15(16)10-14/h4,7-8,10-13,17H,3,5-6,9H2,1-2H3/t11?,12-/m0/s1. The zero-order valence-corrected chi connectivity index (χ0v) is 11.5. The van der Waals surface area contributed by atoms with Gasteiger partial charge in [-0.15, -0.1) is 0 Å². The molecule has 1 aliphatic rings. The van der Waals surface area contributed by atoms with Gasteiger partial charge in [0, 0.05) is 17.1 Å². The Kier molecular flexibility index (Phi) is 4.47. The van der Waals surface area contributed by atoms with Gasteiger partial charge in [0.05, 0.1) is 0 Å². The summed E-state index contributed by atoms with van der Waals surface area (Å²) in [5.41, 5.74) is 1.28. The molecule has 94 valence electrons. The predicted molar refractivity (Wildman–Crippen MR) is 74.4 cm³/mol. The van der Waals surface area contributed by atoms with Crippen molar-refractivity contribution in [2.75, 3.05) is 0 Å². The quantitative estimate of drug-likeness (QED) is 0.808. The van der Waals surface area contributed by atoms with Crippen molar-refractivity contribution in [3.8, 4) is 0 Å². The van der Waals surface area contributed by atoms with E-state index in [9.17, 15) is 0 Å². The van der Waals surface area contributed by atoms with Crippen LogP contribution in [0.4, 0.5) is 0 Å². The first-order valence-electron chi connectivity index (χ1n) is 6.66. The number of hydrogen-bond donors (Lipinski definition) is 1. The van der Waals surface area contributed by atoms with Gasteiger partial charge in [-0.3, -0.25) is 0 Å². The molecule has 1 aliphatic carbocycles. The summed E-state index contributed by atoms with van der Waals surface area (Å²) in [6.45, 7) is 4.50. The Morgan fingerprint density at radius 2 is 2.12 bits per heavy atom. The van der Waals surface area contributed by atoms with Crippen LogP contribution < -0.4 is 5.32 Å². The largest absolute Gasteiger partial charge is 0.308 e. The second-order valence-electron chi connectivity index (χ2n) is 5.38. The van der Waals surface area contributed by atoms with Crippen molar-refractivity contribution in [3.05, 3.63) is 34.9 Å². The minimum absolute atomic E-state index is 0.378. The molecule has 1 fully saturated rings.